The van der Waals surface area contributed by atoms with Gasteiger partial charge in [-0.2, -0.15) is 0 Å². The zero-order valence-electron chi connectivity index (χ0n) is 48.6. The number of aromatic nitrogens is 4. The minimum absolute atomic E-state index is 0. The molecule has 4 heterocycles. The number of hydrogen-bond donors (Lipinski definition) is 6. The van der Waals surface area contributed by atoms with E-state index in [1.54, 1.807) is 28.4 Å². The first-order valence-corrected chi connectivity index (χ1v) is 28.6. The molecule has 2 saturated heterocycles. The van der Waals surface area contributed by atoms with Gasteiger partial charge in [0.1, 0.15) is 64.4 Å². The van der Waals surface area contributed by atoms with Crippen molar-refractivity contribution in [3.63, 3.8) is 0 Å². The van der Waals surface area contributed by atoms with Gasteiger partial charge in [0.25, 0.3) is 11.1 Å². The number of benzene rings is 6. The lowest BCUT2D eigenvalue weighted by atomic mass is 9.80. The van der Waals surface area contributed by atoms with Gasteiger partial charge in [0, 0.05) is 25.2 Å². The molecule has 88 heavy (non-hydrogen) atoms. The van der Waals surface area contributed by atoms with Crippen LogP contribution in [0.15, 0.2) is 189 Å². The Morgan fingerprint density at radius 2 is 0.875 bits per heavy atom. The third kappa shape index (κ3) is 15.5. The van der Waals surface area contributed by atoms with Crippen LogP contribution in [0, 0.1) is 27.8 Å². The van der Waals surface area contributed by atoms with E-state index >= 15 is 0 Å². The van der Waals surface area contributed by atoms with Crippen LogP contribution in [0.3, 0.4) is 0 Å². The average Bonchev–Trinajstić information content (AvgIpc) is 1.79. The molecule has 8 aromatic rings. The van der Waals surface area contributed by atoms with Crippen molar-refractivity contribution in [1.82, 2.24) is 19.1 Å². The Kier molecular flexibility index (Phi) is 24.5. The number of halogens is 2. The largest absolute Gasteiger partial charge is 0.497 e. The number of hydrogen-bond acceptors (Lipinski definition) is 16. The molecule has 0 spiro atoms. The maximum absolute atomic E-state index is 12.7. The van der Waals surface area contributed by atoms with Crippen LogP contribution in [0.5, 0.6) is 23.0 Å². The van der Waals surface area contributed by atoms with Crippen LogP contribution in [0.25, 0.3) is 0 Å². The third-order valence-electron chi connectivity index (χ3n) is 14.6. The smallest absolute Gasteiger partial charge is 0.330 e. The average molecular weight is 1420 g/mol. The number of nitrogens with zero attached hydrogens (tertiary/aromatic N) is 2. The van der Waals surface area contributed by atoms with Gasteiger partial charge >= 0.3 is 11.4 Å². The van der Waals surface area contributed by atoms with Crippen LogP contribution < -0.4 is 52.9 Å². The molecule has 0 bridgehead atoms. The Labute approximate surface area is 538 Å². The van der Waals surface area contributed by atoms with E-state index in [0.29, 0.717) is 33.1 Å². The zero-order chi connectivity index (χ0) is 62.1. The van der Waals surface area contributed by atoms with Crippen LogP contribution in [0.4, 0.5) is 0 Å². The molecule has 2 aromatic heterocycles. The Hall–Kier alpha value is -7.86. The Bertz CT molecular complexity index is 3790. The van der Waals surface area contributed by atoms with Crippen LogP contribution in [-0.2, 0) is 30.1 Å². The van der Waals surface area contributed by atoms with E-state index in [4.69, 9.17) is 49.4 Å². The molecule has 2 fully saturated rings. The maximum atomic E-state index is 12.7. The van der Waals surface area contributed by atoms with E-state index in [0.717, 1.165) is 33.4 Å². The first-order valence-electron chi connectivity index (χ1n) is 27.5. The second kappa shape index (κ2) is 31.9. The predicted molar refractivity (Wildman–Crippen MR) is 350 cm³/mol. The number of rotatable bonds is 18. The summed E-state index contributed by atoms with van der Waals surface area (Å²) in [6.07, 6.45) is 2.70. The predicted octanol–water partition coefficient (Wildman–Crippen LogP) is 6.53. The number of methoxy groups -OCH3 is 4. The van der Waals surface area contributed by atoms with Gasteiger partial charge in [-0.1, -0.05) is 127 Å². The van der Waals surface area contributed by atoms with Crippen molar-refractivity contribution in [1.29, 1.82) is 0 Å². The lowest BCUT2D eigenvalue weighted by Gasteiger charge is -2.37. The van der Waals surface area contributed by atoms with Crippen LogP contribution >= 0.6 is 46.6 Å². The third-order valence-corrected chi connectivity index (χ3v) is 15.4. The normalized spacial score (nSPS) is 17.7. The molecular formula is C66H68I2N6O14. The highest BCUT2D eigenvalue weighted by Crippen LogP contribution is 2.45. The molecule has 0 unspecified atom stereocenters. The van der Waals surface area contributed by atoms with Gasteiger partial charge in [0.15, 0.2) is 0 Å². The van der Waals surface area contributed by atoms with Crippen molar-refractivity contribution < 1.29 is 48.1 Å². The van der Waals surface area contributed by atoms with Gasteiger partial charge in [-0.05, 0) is 105 Å². The zero-order valence-corrected chi connectivity index (χ0v) is 53.1. The number of nitrogens with one attached hydrogen (secondary N) is 2. The first-order chi connectivity index (χ1) is 42.2. The number of H-pyrrole nitrogens is 2. The fourth-order valence-corrected chi connectivity index (χ4v) is 10.7. The molecule has 2 aliphatic heterocycles. The standard InChI is InChI=1S/C33H33N3O7.C30H29IN2O7.C3H5N.HI/c1-40-26-14-10-24(11-15-26)33(23-8-4-3-5-9-23,25-12-16-27(41-2)17-13-25)42-21-29-28(37)19-30(43-29)36-20-22(7-6-18-34)31(38)35-32(36)39;1-37-22-12-8-20(9-13-22)30(19-6-4-3-5-7-19,21-10-14-23(38-2)15-11-21)39-18-26-25(34)16-27(40-26)33-17-24(31)28(35)32-29(33)36;1-2-3-4;/h3-5,8-17,20,28-30,37H,18-19,21,34H2,1-2H3,(H,35,38,39);3-15,17,25-27,34H,16,18H2,1-2H3,(H,32,35,36);1H,3-4H2;1H/t28-,29-,30-;25-,26-,27-;;/m11../s1. The summed E-state index contributed by atoms with van der Waals surface area (Å²) in [5.74, 6) is 10.3. The first kappa shape index (κ1) is 67.6. The molecular weight excluding hydrogens is 1350 g/mol. The summed E-state index contributed by atoms with van der Waals surface area (Å²) < 4.78 is 50.5. The molecule has 2 aliphatic rings. The summed E-state index contributed by atoms with van der Waals surface area (Å²) in [4.78, 5) is 53.7. The second-order valence-corrected chi connectivity index (χ2v) is 20.9. The summed E-state index contributed by atoms with van der Waals surface area (Å²) in [7, 11) is 6.44. The molecule has 460 valence electrons. The number of aliphatic hydroxyl groups is 2. The van der Waals surface area contributed by atoms with E-state index < -0.39 is 70.6 Å². The molecule has 0 saturated carbocycles. The number of nitrogens with two attached hydrogens (primary N) is 2. The summed E-state index contributed by atoms with van der Waals surface area (Å²) >= 11 is 1.86. The number of aliphatic hydroxyl groups excluding tert-OH is 2. The highest BCUT2D eigenvalue weighted by Gasteiger charge is 2.44. The SMILES string of the molecule is C#CCN.COc1ccc(C(OC[C@H]2O[C@@H](n3cc(C#CCN)c(=O)[nH]c3=O)C[C@H]2O)(c2ccccc2)c2ccc(OC)cc2)cc1.COc1ccc(C(OC[C@H]2O[C@@H](n3cc(I)c(=O)[nH]c3=O)C[C@H]2O)(c2ccccc2)c2ccc(OC)cc2)cc1.I. The topological polar surface area (TPSA) is 276 Å². The van der Waals surface area contributed by atoms with E-state index in [2.05, 4.69) is 34.2 Å². The second-order valence-electron chi connectivity index (χ2n) is 19.8. The number of ether oxygens (including phenoxy) is 8. The van der Waals surface area contributed by atoms with Crippen molar-refractivity contribution in [2.75, 3.05) is 54.7 Å². The molecule has 6 atom stereocenters. The lowest BCUT2D eigenvalue weighted by molar-refractivity contribution is -0.0944. The van der Waals surface area contributed by atoms with Crippen molar-refractivity contribution in [3.05, 3.63) is 254 Å². The Morgan fingerprint density at radius 3 is 1.20 bits per heavy atom. The molecule has 8 N–H and O–H groups in total. The van der Waals surface area contributed by atoms with E-state index in [1.165, 1.54) is 21.5 Å². The fraction of sp³-hybridized carbons (Fsp3) is 0.273. The van der Waals surface area contributed by atoms with Crippen molar-refractivity contribution in [3.8, 4) is 47.2 Å². The Morgan fingerprint density at radius 1 is 0.545 bits per heavy atom. The summed E-state index contributed by atoms with van der Waals surface area (Å²) in [5.41, 5.74) is 10.8. The van der Waals surface area contributed by atoms with E-state index in [1.807, 2.05) is 180 Å². The van der Waals surface area contributed by atoms with Crippen LogP contribution in [0.2, 0.25) is 0 Å². The quantitative estimate of drug-likeness (QED) is 0.0303. The summed E-state index contributed by atoms with van der Waals surface area (Å²) in [6, 6.07) is 50.1. The number of aromatic amines is 2. The summed E-state index contributed by atoms with van der Waals surface area (Å²) in [6.45, 7) is 0.393. The van der Waals surface area contributed by atoms with Crippen LogP contribution in [0.1, 0.15) is 64.2 Å². The summed E-state index contributed by atoms with van der Waals surface area (Å²) in [5, 5.41) is 22.0. The monoisotopic (exact) mass is 1420 g/mol. The molecule has 0 aliphatic carbocycles. The van der Waals surface area contributed by atoms with Crippen molar-refractivity contribution >= 4 is 46.6 Å². The molecule has 20 nitrogen and oxygen atoms in total. The van der Waals surface area contributed by atoms with E-state index in [-0.39, 0.29) is 62.1 Å². The highest BCUT2D eigenvalue weighted by atomic mass is 127. The van der Waals surface area contributed by atoms with Gasteiger partial charge < -0.3 is 59.6 Å². The molecule has 0 radical (unpaired) electrons. The minimum Gasteiger partial charge on any atom is -0.497 e. The molecule has 10 rings (SSSR count). The lowest BCUT2D eigenvalue weighted by Crippen LogP contribution is -2.38. The van der Waals surface area contributed by atoms with Gasteiger partial charge in [0.05, 0.1) is 70.5 Å². The van der Waals surface area contributed by atoms with Crippen molar-refractivity contribution in [2.45, 2.75) is 60.9 Å². The van der Waals surface area contributed by atoms with E-state index in [9.17, 15) is 29.4 Å². The maximum Gasteiger partial charge on any atom is 0.330 e. The van der Waals surface area contributed by atoms with Gasteiger partial charge in [-0.3, -0.25) is 28.7 Å². The van der Waals surface area contributed by atoms with Crippen LogP contribution in [-0.4, -0.2) is 108 Å². The number of terminal acetylenes is 1. The molecule has 6 aromatic carbocycles. The fourth-order valence-electron chi connectivity index (χ4n) is 10.2. The van der Waals surface area contributed by atoms with Gasteiger partial charge in [0.2, 0.25) is 0 Å². The van der Waals surface area contributed by atoms with Gasteiger partial charge in [-0.15, -0.1) is 30.4 Å². The van der Waals surface area contributed by atoms with Crippen molar-refractivity contribution in [2.24, 2.45) is 11.5 Å². The molecule has 0 amide bonds. The molecule has 22 heteroatoms. The Balaban J connectivity index is 0.000000235. The minimum atomic E-state index is -1.11. The highest BCUT2D eigenvalue weighted by molar-refractivity contribution is 14.1. The van der Waals surface area contributed by atoms with Gasteiger partial charge in [-0.25, -0.2) is 9.59 Å².